The van der Waals surface area contributed by atoms with Crippen LogP contribution in [0.1, 0.15) is 25.7 Å². The number of nitrogens with two attached hydrogens (primary N) is 1. The molecule has 0 bridgehead atoms. The highest BCUT2D eigenvalue weighted by atomic mass is 19.1. The summed E-state index contributed by atoms with van der Waals surface area (Å²) in [7, 11) is 0. The van der Waals surface area contributed by atoms with Gasteiger partial charge in [0.05, 0.1) is 11.3 Å². The average Bonchev–Trinajstić information content (AvgIpc) is 2.98. The van der Waals surface area contributed by atoms with Gasteiger partial charge < -0.3 is 20.5 Å². The van der Waals surface area contributed by atoms with Gasteiger partial charge in [-0.2, -0.15) is 0 Å². The van der Waals surface area contributed by atoms with Gasteiger partial charge in [0.1, 0.15) is 11.6 Å². The number of hydrogen-bond acceptors (Lipinski definition) is 6. The highest BCUT2D eigenvalue weighted by Gasteiger charge is 2.18. The van der Waals surface area contributed by atoms with Crippen molar-refractivity contribution >= 4 is 5.82 Å². The summed E-state index contributed by atoms with van der Waals surface area (Å²) in [6.07, 6.45) is 3.69. The van der Waals surface area contributed by atoms with Crippen molar-refractivity contribution in [2.75, 3.05) is 44.8 Å². The van der Waals surface area contributed by atoms with Crippen LogP contribution < -0.4 is 11.1 Å². The molecule has 0 saturated heterocycles. The molecule has 3 aromatic carbocycles. The third-order valence-corrected chi connectivity index (χ3v) is 6.20. The number of nitrogens with zero attached hydrogens (tertiary/aromatic N) is 2. The number of ether oxygens (including phenoxy) is 2. The minimum Gasteiger partial charge on any atom is -0.381 e. The number of aromatic nitrogens is 2. The lowest BCUT2D eigenvalue weighted by atomic mass is 9.99. The molecule has 0 aliphatic carbocycles. The van der Waals surface area contributed by atoms with Gasteiger partial charge in [-0.05, 0) is 62.1 Å². The summed E-state index contributed by atoms with van der Waals surface area (Å²) >= 11 is 0. The largest absolute Gasteiger partial charge is 0.381 e. The molecule has 0 radical (unpaired) electrons. The number of halogens is 1. The standard InChI is InChI=1S/C32H37FN4O2/c33-28-17-15-26(16-18-28)30-29(25-11-3-1-4-12-25)32(37-31(36-30)27-13-5-2-6-14-27)35-20-10-24-39-22-8-7-21-38-23-9-19-34/h1-6,11-18H,7-10,19-24,34H2,(H,35,36,37). The molecule has 204 valence electrons. The van der Waals surface area contributed by atoms with Crippen molar-refractivity contribution in [3.05, 3.63) is 90.7 Å². The van der Waals surface area contributed by atoms with Crippen molar-refractivity contribution in [3.63, 3.8) is 0 Å². The summed E-state index contributed by atoms with van der Waals surface area (Å²) < 4.78 is 25.1. The maximum absolute atomic E-state index is 13.8. The third-order valence-electron chi connectivity index (χ3n) is 6.20. The van der Waals surface area contributed by atoms with E-state index >= 15 is 0 Å². The van der Waals surface area contributed by atoms with E-state index in [-0.39, 0.29) is 5.82 Å². The van der Waals surface area contributed by atoms with E-state index < -0.39 is 0 Å². The molecule has 1 aromatic heterocycles. The van der Waals surface area contributed by atoms with Crippen molar-refractivity contribution < 1.29 is 13.9 Å². The van der Waals surface area contributed by atoms with Crippen LogP contribution in [0.3, 0.4) is 0 Å². The van der Waals surface area contributed by atoms with Crippen LogP contribution in [0.4, 0.5) is 10.2 Å². The molecule has 0 unspecified atom stereocenters. The van der Waals surface area contributed by atoms with E-state index in [4.69, 9.17) is 25.2 Å². The van der Waals surface area contributed by atoms with Gasteiger partial charge in [-0.25, -0.2) is 14.4 Å². The lowest BCUT2D eigenvalue weighted by molar-refractivity contribution is 0.102. The Balaban J connectivity index is 1.48. The van der Waals surface area contributed by atoms with Crippen LogP contribution in [0.15, 0.2) is 84.9 Å². The molecule has 4 aromatic rings. The molecule has 39 heavy (non-hydrogen) atoms. The first-order valence-electron chi connectivity index (χ1n) is 13.6. The second-order valence-electron chi connectivity index (χ2n) is 9.21. The molecule has 0 atom stereocenters. The van der Waals surface area contributed by atoms with Gasteiger partial charge in [0.2, 0.25) is 0 Å². The van der Waals surface area contributed by atoms with E-state index in [9.17, 15) is 4.39 Å². The molecule has 0 spiro atoms. The number of rotatable bonds is 16. The van der Waals surface area contributed by atoms with Crippen LogP contribution in [-0.2, 0) is 9.47 Å². The van der Waals surface area contributed by atoms with E-state index in [0.717, 1.165) is 79.3 Å². The fraction of sp³-hybridized carbons (Fsp3) is 0.312. The molecular weight excluding hydrogens is 491 g/mol. The molecule has 0 fully saturated rings. The normalized spacial score (nSPS) is 11.0. The first-order chi connectivity index (χ1) is 19.3. The summed E-state index contributed by atoms with van der Waals surface area (Å²) in [5.41, 5.74) is 9.84. The monoisotopic (exact) mass is 528 g/mol. The number of anilines is 1. The summed E-state index contributed by atoms with van der Waals surface area (Å²) in [5.74, 6) is 1.07. The first-order valence-corrected chi connectivity index (χ1v) is 13.6. The number of nitrogens with one attached hydrogen (secondary N) is 1. The summed E-state index contributed by atoms with van der Waals surface area (Å²) in [4.78, 5) is 9.93. The van der Waals surface area contributed by atoms with Crippen LogP contribution >= 0.6 is 0 Å². The van der Waals surface area contributed by atoms with Crippen LogP contribution in [0.2, 0.25) is 0 Å². The van der Waals surface area contributed by atoms with Gasteiger partial charge in [0.25, 0.3) is 0 Å². The van der Waals surface area contributed by atoms with Crippen LogP contribution in [-0.4, -0.2) is 49.5 Å². The predicted octanol–water partition coefficient (Wildman–Crippen LogP) is 6.58. The van der Waals surface area contributed by atoms with Gasteiger partial charge in [0, 0.05) is 44.1 Å². The van der Waals surface area contributed by atoms with E-state index in [2.05, 4.69) is 5.32 Å². The Hall–Kier alpha value is -3.65. The minimum atomic E-state index is -0.283. The SMILES string of the molecule is NCCCOCCCCOCCCNc1nc(-c2ccccc2)nc(-c2ccc(F)cc2)c1-c1ccccc1. The highest BCUT2D eigenvalue weighted by molar-refractivity contribution is 5.89. The molecule has 0 amide bonds. The molecule has 0 aliphatic heterocycles. The second-order valence-corrected chi connectivity index (χ2v) is 9.21. The van der Waals surface area contributed by atoms with Gasteiger partial charge >= 0.3 is 0 Å². The molecule has 6 nitrogen and oxygen atoms in total. The zero-order chi connectivity index (χ0) is 27.1. The Kier molecular flexibility index (Phi) is 11.4. The number of benzene rings is 3. The van der Waals surface area contributed by atoms with Crippen molar-refractivity contribution in [1.29, 1.82) is 0 Å². The molecule has 0 saturated carbocycles. The lowest BCUT2D eigenvalue weighted by Gasteiger charge is -2.17. The van der Waals surface area contributed by atoms with Crippen molar-refractivity contribution in [2.24, 2.45) is 5.73 Å². The Morgan fingerprint density at radius 1 is 0.641 bits per heavy atom. The molecule has 7 heteroatoms. The van der Waals surface area contributed by atoms with E-state index in [1.807, 2.05) is 60.7 Å². The fourth-order valence-corrected chi connectivity index (χ4v) is 4.18. The molecular formula is C32H37FN4O2. The average molecular weight is 529 g/mol. The molecule has 4 rings (SSSR count). The maximum atomic E-state index is 13.8. The Morgan fingerprint density at radius 2 is 1.23 bits per heavy atom. The third kappa shape index (κ3) is 8.68. The van der Waals surface area contributed by atoms with E-state index in [1.54, 1.807) is 12.1 Å². The highest BCUT2D eigenvalue weighted by Crippen LogP contribution is 2.37. The maximum Gasteiger partial charge on any atom is 0.162 e. The lowest BCUT2D eigenvalue weighted by Crippen LogP contribution is -2.11. The predicted molar refractivity (Wildman–Crippen MR) is 156 cm³/mol. The molecule has 0 aliphatic rings. The topological polar surface area (TPSA) is 82.3 Å². The van der Waals surface area contributed by atoms with Crippen molar-refractivity contribution in [1.82, 2.24) is 9.97 Å². The summed E-state index contributed by atoms with van der Waals surface area (Å²) in [5, 5.41) is 3.54. The van der Waals surface area contributed by atoms with Crippen molar-refractivity contribution in [3.8, 4) is 33.8 Å². The van der Waals surface area contributed by atoms with E-state index in [1.165, 1.54) is 12.1 Å². The van der Waals surface area contributed by atoms with Gasteiger partial charge in [-0.15, -0.1) is 0 Å². The quantitative estimate of drug-likeness (QED) is 0.160. The van der Waals surface area contributed by atoms with Gasteiger partial charge in [-0.1, -0.05) is 60.7 Å². The summed E-state index contributed by atoms with van der Waals surface area (Å²) in [6, 6.07) is 26.4. The van der Waals surface area contributed by atoms with Gasteiger partial charge in [-0.3, -0.25) is 0 Å². The fourth-order valence-electron chi connectivity index (χ4n) is 4.18. The number of unbranched alkanes of at least 4 members (excludes halogenated alkanes) is 1. The first kappa shape index (κ1) is 28.4. The van der Waals surface area contributed by atoms with Crippen molar-refractivity contribution in [2.45, 2.75) is 25.7 Å². The smallest absolute Gasteiger partial charge is 0.162 e. The summed E-state index contributed by atoms with van der Waals surface area (Å²) in [6.45, 7) is 4.21. The molecule has 1 heterocycles. The Labute approximate surface area is 230 Å². The number of hydrogen-bond donors (Lipinski definition) is 2. The Morgan fingerprint density at radius 3 is 1.87 bits per heavy atom. The minimum absolute atomic E-state index is 0.283. The van der Waals surface area contributed by atoms with Crippen LogP contribution in [0.5, 0.6) is 0 Å². The van der Waals surface area contributed by atoms with Crippen LogP contribution in [0.25, 0.3) is 33.8 Å². The Bertz CT molecular complexity index is 1250. The van der Waals surface area contributed by atoms with Crippen LogP contribution in [0, 0.1) is 5.82 Å². The zero-order valence-electron chi connectivity index (χ0n) is 22.3. The molecule has 3 N–H and O–H groups in total. The zero-order valence-corrected chi connectivity index (χ0v) is 22.3. The van der Waals surface area contributed by atoms with E-state index in [0.29, 0.717) is 25.5 Å². The van der Waals surface area contributed by atoms with Gasteiger partial charge in [0.15, 0.2) is 5.82 Å². The second kappa shape index (κ2) is 15.7.